The third kappa shape index (κ3) is 2.88. The van der Waals surface area contributed by atoms with Crippen molar-refractivity contribution in [3.8, 4) is 11.1 Å². The van der Waals surface area contributed by atoms with Crippen LogP contribution in [0.5, 0.6) is 0 Å². The summed E-state index contributed by atoms with van der Waals surface area (Å²) in [6.45, 7) is 4.16. The molecule has 124 valence electrons. The molecule has 0 radical (unpaired) electrons. The molecule has 0 spiro atoms. The molecule has 1 fully saturated rings. The van der Waals surface area contributed by atoms with Crippen molar-refractivity contribution >= 4 is 11.5 Å². The summed E-state index contributed by atoms with van der Waals surface area (Å²) in [6.07, 6.45) is 8.42. The topological polar surface area (TPSA) is 42.2 Å². The maximum absolute atomic E-state index is 4.75. The maximum Gasteiger partial charge on any atom is 0.165 e. The fourth-order valence-electron chi connectivity index (χ4n) is 3.58. The molecular weight excluding hydrogens is 296 g/mol. The maximum atomic E-state index is 4.75. The summed E-state index contributed by atoms with van der Waals surface area (Å²) in [6, 6.07) is 11.2. The lowest BCUT2D eigenvalue weighted by Crippen LogP contribution is -2.24. The first-order chi connectivity index (χ1) is 11.7. The third-order valence-electron chi connectivity index (χ3n) is 4.92. The lowest BCUT2D eigenvalue weighted by Gasteiger charge is -2.24. The van der Waals surface area contributed by atoms with Crippen molar-refractivity contribution in [1.82, 2.24) is 14.6 Å². The van der Waals surface area contributed by atoms with E-state index in [2.05, 4.69) is 54.6 Å². The van der Waals surface area contributed by atoms with Crippen LogP contribution in [0, 0.1) is 13.8 Å². The van der Waals surface area contributed by atoms with E-state index in [1.807, 2.05) is 10.7 Å². The molecule has 0 atom stereocenters. The van der Waals surface area contributed by atoms with E-state index in [1.54, 1.807) is 0 Å². The largest absolute Gasteiger partial charge is 0.367 e. The molecule has 2 heterocycles. The molecule has 1 saturated carbocycles. The molecule has 2 aromatic heterocycles. The Balaban J connectivity index is 1.74. The van der Waals surface area contributed by atoms with E-state index in [9.17, 15) is 0 Å². The highest BCUT2D eigenvalue weighted by Gasteiger charge is 2.17. The lowest BCUT2D eigenvalue weighted by atomic mass is 9.95. The molecule has 0 aliphatic heterocycles. The van der Waals surface area contributed by atoms with Gasteiger partial charge in [-0.3, -0.25) is 0 Å². The van der Waals surface area contributed by atoms with E-state index in [-0.39, 0.29) is 0 Å². The van der Waals surface area contributed by atoms with Crippen LogP contribution < -0.4 is 5.32 Å². The Kier molecular flexibility index (Phi) is 3.97. The summed E-state index contributed by atoms with van der Waals surface area (Å²) in [7, 11) is 0. The molecule has 4 heteroatoms. The molecule has 4 nitrogen and oxygen atoms in total. The van der Waals surface area contributed by atoms with Crippen molar-refractivity contribution in [2.75, 3.05) is 5.32 Å². The van der Waals surface area contributed by atoms with E-state index in [1.165, 1.54) is 37.7 Å². The predicted molar refractivity (Wildman–Crippen MR) is 98.4 cm³/mol. The van der Waals surface area contributed by atoms with Crippen LogP contribution in [0.15, 0.2) is 36.5 Å². The second kappa shape index (κ2) is 6.27. The molecule has 1 aromatic carbocycles. The Hall–Kier alpha value is -2.36. The van der Waals surface area contributed by atoms with Gasteiger partial charge in [-0.2, -0.15) is 9.61 Å². The van der Waals surface area contributed by atoms with Gasteiger partial charge in [0, 0.05) is 23.4 Å². The van der Waals surface area contributed by atoms with Crippen LogP contribution >= 0.6 is 0 Å². The number of aryl methyl sites for hydroxylation is 2. The molecular formula is C20H24N4. The smallest absolute Gasteiger partial charge is 0.165 e. The van der Waals surface area contributed by atoms with Crippen molar-refractivity contribution < 1.29 is 0 Å². The Morgan fingerprint density at radius 1 is 1.04 bits per heavy atom. The van der Waals surface area contributed by atoms with Crippen LogP contribution in [-0.2, 0) is 0 Å². The minimum atomic E-state index is 0.552. The van der Waals surface area contributed by atoms with Crippen molar-refractivity contribution in [2.24, 2.45) is 0 Å². The number of rotatable bonds is 3. The summed E-state index contributed by atoms with van der Waals surface area (Å²) < 4.78 is 1.96. The normalized spacial score (nSPS) is 15.8. The first-order valence-electron chi connectivity index (χ1n) is 8.90. The van der Waals surface area contributed by atoms with E-state index in [4.69, 9.17) is 4.98 Å². The predicted octanol–water partition coefficient (Wildman–Crippen LogP) is 4.76. The second-order valence-electron chi connectivity index (χ2n) is 6.92. The highest BCUT2D eigenvalue weighted by Crippen LogP contribution is 2.27. The fourth-order valence-corrected chi connectivity index (χ4v) is 3.58. The SMILES string of the molecule is Cc1ccc(-c2cnn3c(NC4CCCCC4)cc(C)nc23)cc1. The summed E-state index contributed by atoms with van der Waals surface area (Å²) in [4.78, 5) is 4.75. The first-order valence-corrected chi connectivity index (χ1v) is 8.90. The van der Waals surface area contributed by atoms with Crippen LogP contribution in [0.1, 0.15) is 43.4 Å². The van der Waals surface area contributed by atoms with Gasteiger partial charge in [0.25, 0.3) is 0 Å². The highest BCUT2D eigenvalue weighted by atomic mass is 15.3. The fraction of sp³-hybridized carbons (Fsp3) is 0.400. The van der Waals surface area contributed by atoms with E-state index in [0.29, 0.717) is 6.04 Å². The standard InChI is InChI=1S/C20H24N4/c1-14-8-10-16(11-9-14)18-13-21-24-19(12-15(2)22-20(18)24)23-17-6-4-3-5-7-17/h8-13,17,23H,3-7H2,1-2H3. The molecule has 1 aliphatic carbocycles. The van der Waals surface area contributed by atoms with Crippen LogP contribution in [0.3, 0.4) is 0 Å². The Morgan fingerprint density at radius 2 is 1.79 bits per heavy atom. The minimum Gasteiger partial charge on any atom is -0.367 e. The number of fused-ring (bicyclic) bond motifs is 1. The third-order valence-corrected chi connectivity index (χ3v) is 4.92. The number of hydrogen-bond acceptors (Lipinski definition) is 3. The first kappa shape index (κ1) is 15.2. The van der Waals surface area contributed by atoms with Crippen molar-refractivity contribution in [1.29, 1.82) is 0 Å². The lowest BCUT2D eigenvalue weighted by molar-refractivity contribution is 0.461. The van der Waals surface area contributed by atoms with Gasteiger partial charge in [-0.05, 0) is 32.3 Å². The Morgan fingerprint density at radius 3 is 2.54 bits per heavy atom. The minimum absolute atomic E-state index is 0.552. The van der Waals surface area contributed by atoms with Crippen LogP contribution in [0.2, 0.25) is 0 Å². The van der Waals surface area contributed by atoms with Gasteiger partial charge >= 0.3 is 0 Å². The van der Waals surface area contributed by atoms with Crippen LogP contribution in [-0.4, -0.2) is 20.6 Å². The van der Waals surface area contributed by atoms with Gasteiger partial charge in [0.1, 0.15) is 5.82 Å². The van der Waals surface area contributed by atoms with Crippen molar-refractivity contribution in [2.45, 2.75) is 52.0 Å². The van der Waals surface area contributed by atoms with Crippen LogP contribution in [0.25, 0.3) is 16.8 Å². The molecule has 3 aromatic rings. The van der Waals surface area contributed by atoms with Crippen molar-refractivity contribution in [3.63, 3.8) is 0 Å². The van der Waals surface area contributed by atoms with Crippen molar-refractivity contribution in [3.05, 3.63) is 47.8 Å². The summed E-state index contributed by atoms with van der Waals surface area (Å²) in [5.74, 6) is 1.06. The molecule has 0 saturated heterocycles. The zero-order chi connectivity index (χ0) is 16.5. The molecule has 24 heavy (non-hydrogen) atoms. The number of hydrogen-bond donors (Lipinski definition) is 1. The van der Waals surface area contributed by atoms with Gasteiger partial charge in [-0.1, -0.05) is 49.1 Å². The summed E-state index contributed by atoms with van der Waals surface area (Å²) in [5.41, 5.74) is 5.47. The number of nitrogens with one attached hydrogen (secondary N) is 1. The highest BCUT2D eigenvalue weighted by molar-refractivity contribution is 5.78. The van der Waals surface area contributed by atoms with Gasteiger partial charge in [0.15, 0.2) is 5.65 Å². The van der Waals surface area contributed by atoms with Gasteiger partial charge in [0.2, 0.25) is 0 Å². The zero-order valence-electron chi connectivity index (χ0n) is 14.4. The number of anilines is 1. The summed E-state index contributed by atoms with van der Waals surface area (Å²) >= 11 is 0. The summed E-state index contributed by atoms with van der Waals surface area (Å²) in [5, 5.41) is 8.31. The monoisotopic (exact) mass is 320 g/mol. The quantitative estimate of drug-likeness (QED) is 0.756. The van der Waals surface area contributed by atoms with E-state index < -0.39 is 0 Å². The molecule has 1 N–H and O–H groups in total. The average Bonchev–Trinajstić information content (AvgIpc) is 3.00. The molecule has 4 rings (SSSR count). The molecule has 0 amide bonds. The number of benzene rings is 1. The van der Waals surface area contributed by atoms with Crippen LogP contribution in [0.4, 0.5) is 5.82 Å². The number of nitrogens with zero attached hydrogens (tertiary/aromatic N) is 3. The molecule has 0 bridgehead atoms. The molecule has 1 aliphatic rings. The van der Waals surface area contributed by atoms with E-state index >= 15 is 0 Å². The van der Waals surface area contributed by atoms with Gasteiger partial charge in [0.05, 0.1) is 6.20 Å². The Labute approximate surface area is 142 Å². The Bertz CT molecular complexity index is 842. The number of aromatic nitrogens is 3. The van der Waals surface area contributed by atoms with E-state index in [0.717, 1.165) is 28.3 Å². The van der Waals surface area contributed by atoms with Gasteiger partial charge < -0.3 is 5.32 Å². The second-order valence-corrected chi connectivity index (χ2v) is 6.92. The van der Waals surface area contributed by atoms with Gasteiger partial charge in [-0.25, -0.2) is 4.98 Å². The van der Waals surface area contributed by atoms with Gasteiger partial charge in [-0.15, -0.1) is 0 Å². The zero-order valence-corrected chi connectivity index (χ0v) is 14.4. The average molecular weight is 320 g/mol. The molecule has 0 unspecified atom stereocenters.